The van der Waals surface area contributed by atoms with E-state index in [2.05, 4.69) is 10.6 Å². The Morgan fingerprint density at radius 2 is 2.04 bits per heavy atom. The average Bonchev–Trinajstić information content (AvgIpc) is 3.33. The van der Waals surface area contributed by atoms with Gasteiger partial charge in [0, 0.05) is 23.6 Å². The van der Waals surface area contributed by atoms with Gasteiger partial charge in [-0.2, -0.15) is 0 Å². The maximum Gasteiger partial charge on any atom is 0.256 e. The molecule has 1 aromatic heterocycles. The maximum atomic E-state index is 13.0. The van der Waals surface area contributed by atoms with E-state index in [1.165, 1.54) is 4.88 Å². The van der Waals surface area contributed by atoms with Gasteiger partial charge in [0.2, 0.25) is 0 Å². The van der Waals surface area contributed by atoms with Gasteiger partial charge >= 0.3 is 0 Å². The molecular weight excluding hydrogens is 372 g/mol. The number of aryl methyl sites for hydroxylation is 2. The molecule has 2 aromatic rings. The van der Waals surface area contributed by atoms with Gasteiger partial charge in [-0.05, 0) is 63.1 Å². The van der Waals surface area contributed by atoms with Crippen LogP contribution in [0.25, 0.3) is 0 Å². The highest BCUT2D eigenvalue weighted by Crippen LogP contribution is 2.38. The quantitative estimate of drug-likeness (QED) is 0.797. The van der Waals surface area contributed by atoms with Gasteiger partial charge in [0.15, 0.2) is 0 Å². The number of fused-ring (bicyclic) bond motifs is 1. The Kier molecular flexibility index (Phi) is 5.78. The predicted molar refractivity (Wildman–Crippen MR) is 111 cm³/mol. The van der Waals surface area contributed by atoms with Crippen molar-refractivity contribution < 1.29 is 14.3 Å². The van der Waals surface area contributed by atoms with Gasteiger partial charge in [-0.15, -0.1) is 11.3 Å². The Bertz CT molecular complexity index is 884. The average molecular weight is 399 g/mol. The minimum absolute atomic E-state index is 0.101. The van der Waals surface area contributed by atoms with Gasteiger partial charge < -0.3 is 15.4 Å². The smallest absolute Gasteiger partial charge is 0.256 e. The van der Waals surface area contributed by atoms with Crippen molar-refractivity contribution in [3.63, 3.8) is 0 Å². The van der Waals surface area contributed by atoms with Crippen molar-refractivity contribution in [2.75, 3.05) is 18.5 Å². The van der Waals surface area contributed by atoms with E-state index in [0.29, 0.717) is 22.7 Å². The number of carbonyl (C=O) groups is 2. The first-order valence-electron chi connectivity index (χ1n) is 10.0. The fourth-order valence-corrected chi connectivity index (χ4v) is 5.24. The number of anilines is 1. The number of rotatable bonds is 5. The van der Waals surface area contributed by atoms with Crippen LogP contribution in [0, 0.1) is 6.92 Å². The Morgan fingerprint density at radius 1 is 1.18 bits per heavy atom. The number of benzene rings is 1. The van der Waals surface area contributed by atoms with Crippen LogP contribution in [0.4, 0.5) is 5.00 Å². The van der Waals surface area contributed by atoms with Gasteiger partial charge in [0.1, 0.15) is 5.00 Å². The molecule has 6 heteroatoms. The van der Waals surface area contributed by atoms with E-state index in [4.69, 9.17) is 4.74 Å². The molecule has 2 N–H and O–H groups in total. The normalized spacial score (nSPS) is 18.5. The Hall–Kier alpha value is -2.18. The lowest BCUT2D eigenvalue weighted by molar-refractivity contribution is 0.0858. The largest absolute Gasteiger partial charge is 0.376 e. The van der Waals surface area contributed by atoms with Crippen molar-refractivity contribution in [2.24, 2.45) is 0 Å². The summed E-state index contributed by atoms with van der Waals surface area (Å²) in [5.41, 5.74) is 3.41. The maximum absolute atomic E-state index is 13.0. The van der Waals surface area contributed by atoms with E-state index in [0.717, 1.165) is 56.3 Å². The zero-order valence-corrected chi connectivity index (χ0v) is 17.0. The first-order chi connectivity index (χ1) is 13.6. The number of hydrogen-bond donors (Lipinski definition) is 2. The molecule has 1 aliphatic heterocycles. The van der Waals surface area contributed by atoms with Gasteiger partial charge in [-0.1, -0.05) is 17.7 Å². The second-order valence-electron chi connectivity index (χ2n) is 7.58. The summed E-state index contributed by atoms with van der Waals surface area (Å²) in [4.78, 5) is 27.0. The lowest BCUT2D eigenvalue weighted by Crippen LogP contribution is -2.32. The Balaban J connectivity index is 1.56. The molecule has 1 fully saturated rings. The molecule has 0 spiro atoms. The minimum atomic E-state index is -0.171. The van der Waals surface area contributed by atoms with E-state index in [-0.39, 0.29) is 17.9 Å². The summed E-state index contributed by atoms with van der Waals surface area (Å²) < 4.78 is 5.62. The van der Waals surface area contributed by atoms with E-state index in [9.17, 15) is 9.59 Å². The minimum Gasteiger partial charge on any atom is -0.376 e. The summed E-state index contributed by atoms with van der Waals surface area (Å²) in [6, 6.07) is 7.50. The third-order valence-corrected chi connectivity index (χ3v) is 6.63. The molecule has 2 heterocycles. The van der Waals surface area contributed by atoms with Crippen molar-refractivity contribution in [1.29, 1.82) is 0 Å². The molecule has 1 aliphatic carbocycles. The van der Waals surface area contributed by atoms with Gasteiger partial charge in [0.05, 0.1) is 11.7 Å². The summed E-state index contributed by atoms with van der Waals surface area (Å²) in [5, 5.41) is 6.71. The summed E-state index contributed by atoms with van der Waals surface area (Å²) in [6.45, 7) is 3.26. The molecule has 0 unspecified atom stereocenters. The van der Waals surface area contributed by atoms with Gasteiger partial charge in [0.25, 0.3) is 11.8 Å². The van der Waals surface area contributed by atoms with E-state index >= 15 is 0 Å². The van der Waals surface area contributed by atoms with Gasteiger partial charge in [-0.3, -0.25) is 9.59 Å². The SMILES string of the molecule is Cc1cccc(C(=O)Nc2sc3c(c2C(=O)NC[C@@H]2CCCO2)CCCC3)c1. The topological polar surface area (TPSA) is 67.4 Å². The number of carbonyl (C=O) groups excluding carboxylic acids is 2. The monoisotopic (exact) mass is 398 g/mol. The molecule has 28 heavy (non-hydrogen) atoms. The summed E-state index contributed by atoms with van der Waals surface area (Å²) in [6.07, 6.45) is 6.23. The van der Waals surface area contributed by atoms with Crippen LogP contribution in [0.5, 0.6) is 0 Å². The van der Waals surface area contributed by atoms with Crippen molar-refractivity contribution in [1.82, 2.24) is 5.32 Å². The molecule has 1 saturated heterocycles. The zero-order chi connectivity index (χ0) is 19.5. The van der Waals surface area contributed by atoms with Crippen LogP contribution < -0.4 is 10.6 Å². The lowest BCUT2D eigenvalue weighted by Gasteiger charge is -2.15. The summed E-state index contributed by atoms with van der Waals surface area (Å²) >= 11 is 1.55. The van der Waals surface area contributed by atoms with E-state index < -0.39 is 0 Å². The van der Waals surface area contributed by atoms with Crippen molar-refractivity contribution >= 4 is 28.2 Å². The molecule has 4 rings (SSSR count). The molecular formula is C22H26N2O3S. The van der Waals surface area contributed by atoms with Crippen LogP contribution in [0.3, 0.4) is 0 Å². The van der Waals surface area contributed by atoms with Crippen LogP contribution in [0.15, 0.2) is 24.3 Å². The summed E-state index contributed by atoms with van der Waals surface area (Å²) in [5.74, 6) is -0.273. The van der Waals surface area contributed by atoms with Crippen LogP contribution in [-0.4, -0.2) is 31.1 Å². The molecule has 5 nitrogen and oxygen atoms in total. The first kappa shape index (κ1) is 19.2. The summed E-state index contributed by atoms with van der Waals surface area (Å²) in [7, 11) is 0. The standard InChI is InChI=1S/C22H26N2O3S/c1-14-6-4-7-15(12-14)20(25)24-22-19(17-9-2-3-10-18(17)28-22)21(26)23-13-16-8-5-11-27-16/h4,6-7,12,16H,2-3,5,8-11,13H2,1H3,(H,23,26)(H,24,25)/t16-/m0/s1. The third kappa shape index (κ3) is 4.13. The van der Waals surface area contributed by atoms with Crippen molar-refractivity contribution in [3.05, 3.63) is 51.4 Å². The molecule has 1 aromatic carbocycles. The lowest BCUT2D eigenvalue weighted by atomic mass is 9.95. The highest BCUT2D eigenvalue weighted by Gasteiger charge is 2.27. The zero-order valence-electron chi connectivity index (χ0n) is 16.2. The number of ether oxygens (including phenoxy) is 1. The molecule has 0 saturated carbocycles. The van der Waals surface area contributed by atoms with E-state index in [1.807, 2.05) is 25.1 Å². The number of nitrogens with one attached hydrogen (secondary N) is 2. The first-order valence-corrected chi connectivity index (χ1v) is 10.9. The fraction of sp³-hybridized carbons (Fsp3) is 0.455. The van der Waals surface area contributed by atoms with Crippen LogP contribution in [0.2, 0.25) is 0 Å². The fourth-order valence-electron chi connectivity index (χ4n) is 3.96. The van der Waals surface area contributed by atoms with Gasteiger partial charge in [-0.25, -0.2) is 0 Å². The predicted octanol–water partition coefficient (Wildman–Crippen LogP) is 4.10. The van der Waals surface area contributed by atoms with Crippen LogP contribution >= 0.6 is 11.3 Å². The number of hydrogen-bond acceptors (Lipinski definition) is 4. The Morgan fingerprint density at radius 3 is 2.82 bits per heavy atom. The van der Waals surface area contributed by atoms with Crippen molar-refractivity contribution in [3.8, 4) is 0 Å². The molecule has 2 amide bonds. The number of thiophene rings is 1. The molecule has 0 radical (unpaired) electrons. The second-order valence-corrected chi connectivity index (χ2v) is 8.69. The molecule has 0 bridgehead atoms. The van der Waals surface area contributed by atoms with Crippen LogP contribution in [0.1, 0.15) is 62.4 Å². The third-order valence-electron chi connectivity index (χ3n) is 5.42. The number of amides is 2. The highest BCUT2D eigenvalue weighted by atomic mass is 32.1. The molecule has 1 atom stereocenters. The highest BCUT2D eigenvalue weighted by molar-refractivity contribution is 7.17. The molecule has 2 aliphatic rings. The van der Waals surface area contributed by atoms with Crippen LogP contribution in [-0.2, 0) is 17.6 Å². The van der Waals surface area contributed by atoms with E-state index in [1.54, 1.807) is 17.4 Å². The van der Waals surface area contributed by atoms with Crippen molar-refractivity contribution in [2.45, 2.75) is 51.6 Å². The Labute approximate surface area is 169 Å². The molecule has 148 valence electrons. The second kappa shape index (κ2) is 8.45.